The van der Waals surface area contributed by atoms with Crippen molar-refractivity contribution in [3.8, 4) is 5.69 Å². The Morgan fingerprint density at radius 1 is 0.833 bits per heavy atom. The Bertz CT molecular complexity index is 1530. The van der Waals surface area contributed by atoms with Gasteiger partial charge in [-0.05, 0) is 63.6 Å². The lowest BCUT2D eigenvalue weighted by atomic mass is 9.78. The molecule has 1 aromatic heterocycles. The molecule has 0 radical (unpaired) electrons. The summed E-state index contributed by atoms with van der Waals surface area (Å²) in [7, 11) is 0. The maximum Gasteiger partial charge on any atom is 0.275 e. The summed E-state index contributed by atoms with van der Waals surface area (Å²) in [6.45, 7) is 7.68. The Morgan fingerprint density at radius 3 is 2.03 bits per heavy atom. The summed E-state index contributed by atoms with van der Waals surface area (Å²) in [5.74, 6) is -1.48. The van der Waals surface area contributed by atoms with Crippen LogP contribution in [0.15, 0.2) is 82.7 Å². The van der Waals surface area contributed by atoms with Crippen molar-refractivity contribution >= 4 is 28.9 Å². The maximum absolute atomic E-state index is 13.9. The highest BCUT2D eigenvalue weighted by atomic mass is 35.5. The van der Waals surface area contributed by atoms with Crippen LogP contribution in [0.5, 0.6) is 0 Å². The molecule has 2 heterocycles. The summed E-state index contributed by atoms with van der Waals surface area (Å²) in [4.78, 5) is 27.8. The van der Waals surface area contributed by atoms with Gasteiger partial charge in [0.05, 0.1) is 17.3 Å². The average molecular weight is 499 g/mol. The molecule has 1 amide bonds. The van der Waals surface area contributed by atoms with Crippen molar-refractivity contribution < 1.29 is 4.79 Å². The molecule has 1 N–H and O–H groups in total. The number of halogens is 1. The van der Waals surface area contributed by atoms with Crippen molar-refractivity contribution in [3.63, 3.8) is 0 Å². The van der Waals surface area contributed by atoms with Gasteiger partial charge in [-0.25, -0.2) is 9.69 Å². The monoisotopic (exact) mass is 498 g/mol. The number of amides is 1. The van der Waals surface area contributed by atoms with Crippen molar-refractivity contribution in [2.24, 2.45) is 11.0 Å². The van der Waals surface area contributed by atoms with Gasteiger partial charge in [0.15, 0.2) is 0 Å². The molecule has 3 aromatic carbocycles. The second kappa shape index (κ2) is 9.28. The van der Waals surface area contributed by atoms with E-state index in [1.54, 1.807) is 6.07 Å². The first-order valence-corrected chi connectivity index (χ1v) is 12.2. The number of hydrogen-bond donors (Lipinski definition) is 1. The third-order valence-electron chi connectivity index (χ3n) is 6.75. The van der Waals surface area contributed by atoms with Gasteiger partial charge in [0.2, 0.25) is 0 Å². The maximum atomic E-state index is 13.9. The van der Waals surface area contributed by atoms with Gasteiger partial charge in [-0.3, -0.25) is 14.7 Å². The van der Waals surface area contributed by atoms with Gasteiger partial charge in [0, 0.05) is 27.9 Å². The van der Waals surface area contributed by atoms with Gasteiger partial charge in [-0.2, -0.15) is 5.10 Å². The quantitative estimate of drug-likeness (QED) is 0.371. The van der Waals surface area contributed by atoms with Crippen LogP contribution < -0.4 is 10.6 Å². The molecular weight excluding hydrogens is 472 g/mol. The number of benzene rings is 3. The molecule has 182 valence electrons. The lowest BCUT2D eigenvalue weighted by molar-refractivity contribution is -0.120. The summed E-state index contributed by atoms with van der Waals surface area (Å²) in [6.07, 6.45) is 0. The first kappa shape index (κ1) is 23.8. The molecular formula is C29H27ClN4O2. The Labute approximate surface area is 214 Å². The summed E-state index contributed by atoms with van der Waals surface area (Å²) in [5, 5.41) is 9.77. The van der Waals surface area contributed by atoms with E-state index in [4.69, 9.17) is 11.6 Å². The van der Waals surface area contributed by atoms with Crippen molar-refractivity contribution in [2.75, 3.05) is 5.01 Å². The molecule has 1 aliphatic rings. The third kappa shape index (κ3) is 4.07. The number of aryl methyl sites for hydroxylation is 3. The molecule has 0 fully saturated rings. The Hall–Kier alpha value is -3.90. The molecule has 0 saturated heterocycles. The zero-order chi connectivity index (χ0) is 25.6. The second-order valence-corrected chi connectivity index (χ2v) is 9.74. The number of anilines is 1. The summed E-state index contributed by atoms with van der Waals surface area (Å²) >= 11 is 6.68. The van der Waals surface area contributed by atoms with E-state index in [1.807, 2.05) is 94.4 Å². The standard InChI is InChI=1S/C29H27ClN4O2/c1-17-9-13-21(14-10-17)33-28(35)25(19(3)31-33)27(23-7-5-6-8-24(23)30)26-20(4)32-34(29(26)36)22-15-11-18(2)12-16-22/h5-16,25,27,32H,1-4H3/t25-,27+/m0/s1. The third-order valence-corrected chi connectivity index (χ3v) is 7.10. The van der Waals surface area contributed by atoms with Gasteiger partial charge in [-0.1, -0.05) is 65.2 Å². The van der Waals surface area contributed by atoms with Crippen LogP contribution in [0.25, 0.3) is 5.69 Å². The molecule has 36 heavy (non-hydrogen) atoms. The SMILES string of the molecule is CC1=NN(c2ccc(C)cc2)C(=O)[C@@H]1[C@@H](c1ccccc1Cl)c1c(C)[nH]n(-c2ccc(C)cc2)c1=O. The number of aromatic amines is 1. The number of hydrogen-bond acceptors (Lipinski definition) is 3. The summed E-state index contributed by atoms with van der Waals surface area (Å²) in [6, 6.07) is 22.7. The second-order valence-electron chi connectivity index (χ2n) is 9.33. The minimum absolute atomic E-state index is 0.192. The number of carbonyl (C=O) groups excluding carboxylic acids is 1. The Morgan fingerprint density at radius 2 is 1.42 bits per heavy atom. The predicted molar refractivity (Wildman–Crippen MR) is 144 cm³/mol. The first-order valence-electron chi connectivity index (χ1n) is 11.8. The van der Waals surface area contributed by atoms with Gasteiger partial charge in [0.1, 0.15) is 0 Å². The molecule has 7 heteroatoms. The molecule has 4 aromatic rings. The van der Waals surface area contributed by atoms with Crippen LogP contribution in [0.4, 0.5) is 5.69 Å². The van der Waals surface area contributed by atoms with Crippen LogP contribution in [0.3, 0.4) is 0 Å². The van der Waals surface area contributed by atoms with E-state index in [0.29, 0.717) is 33.2 Å². The van der Waals surface area contributed by atoms with Gasteiger partial charge < -0.3 is 0 Å². The molecule has 0 unspecified atom stereocenters. The van der Waals surface area contributed by atoms with Crippen molar-refractivity contribution in [2.45, 2.75) is 33.6 Å². The molecule has 6 nitrogen and oxygen atoms in total. The van der Waals surface area contributed by atoms with Gasteiger partial charge >= 0.3 is 0 Å². The van der Waals surface area contributed by atoms with Crippen molar-refractivity contribution in [1.29, 1.82) is 0 Å². The highest BCUT2D eigenvalue weighted by Crippen LogP contribution is 2.40. The van der Waals surface area contributed by atoms with Crippen molar-refractivity contribution in [1.82, 2.24) is 9.78 Å². The minimum atomic E-state index is -0.681. The Kier molecular flexibility index (Phi) is 6.14. The van der Waals surface area contributed by atoms with Crippen LogP contribution in [0.2, 0.25) is 5.02 Å². The Balaban J connectivity index is 1.66. The molecule has 0 saturated carbocycles. The first-order chi connectivity index (χ1) is 17.3. The van der Waals surface area contributed by atoms with E-state index in [9.17, 15) is 9.59 Å². The number of hydrazone groups is 1. The topological polar surface area (TPSA) is 70.5 Å². The van der Waals surface area contributed by atoms with Crippen LogP contribution in [-0.4, -0.2) is 21.4 Å². The highest BCUT2D eigenvalue weighted by molar-refractivity contribution is 6.31. The number of nitrogens with zero attached hydrogens (tertiary/aromatic N) is 3. The largest absolute Gasteiger partial charge is 0.295 e. The van der Waals surface area contributed by atoms with Crippen LogP contribution >= 0.6 is 11.6 Å². The number of rotatable bonds is 5. The normalized spacial score (nSPS) is 16.4. The van der Waals surface area contributed by atoms with E-state index in [1.165, 1.54) is 9.69 Å². The molecule has 5 rings (SSSR count). The predicted octanol–water partition coefficient (Wildman–Crippen LogP) is 5.92. The fourth-order valence-electron chi connectivity index (χ4n) is 4.86. The molecule has 0 bridgehead atoms. The zero-order valence-electron chi connectivity index (χ0n) is 20.6. The van der Waals surface area contributed by atoms with E-state index in [2.05, 4.69) is 10.2 Å². The smallest absolute Gasteiger partial charge is 0.275 e. The molecule has 2 atom stereocenters. The lowest BCUT2D eigenvalue weighted by Gasteiger charge is -2.24. The number of carbonyl (C=O) groups is 1. The number of aromatic nitrogens is 2. The summed E-state index contributed by atoms with van der Waals surface area (Å²) < 4.78 is 1.53. The van der Waals surface area contributed by atoms with Crippen LogP contribution in [0.1, 0.15) is 40.8 Å². The number of nitrogens with one attached hydrogen (secondary N) is 1. The van der Waals surface area contributed by atoms with Gasteiger partial charge in [-0.15, -0.1) is 0 Å². The molecule has 1 aliphatic heterocycles. The van der Waals surface area contributed by atoms with Crippen molar-refractivity contribution in [3.05, 3.63) is 116 Å². The van der Waals surface area contributed by atoms with E-state index < -0.39 is 11.8 Å². The molecule has 0 aliphatic carbocycles. The minimum Gasteiger partial charge on any atom is -0.295 e. The zero-order valence-corrected chi connectivity index (χ0v) is 21.4. The van der Waals surface area contributed by atoms with E-state index in [0.717, 1.165) is 16.8 Å². The van der Waals surface area contributed by atoms with Gasteiger partial charge in [0.25, 0.3) is 11.5 Å². The highest BCUT2D eigenvalue weighted by Gasteiger charge is 2.44. The van der Waals surface area contributed by atoms with E-state index >= 15 is 0 Å². The fraction of sp³-hybridized carbons (Fsp3) is 0.207. The average Bonchev–Trinajstić information content (AvgIpc) is 3.32. The molecule has 0 spiro atoms. The summed E-state index contributed by atoms with van der Waals surface area (Å²) in [5.41, 5.74) is 5.92. The van der Waals surface area contributed by atoms with Crippen LogP contribution in [0, 0.1) is 26.7 Å². The van der Waals surface area contributed by atoms with Crippen LogP contribution in [-0.2, 0) is 4.79 Å². The number of H-pyrrole nitrogens is 1. The fourth-order valence-corrected chi connectivity index (χ4v) is 5.12. The lowest BCUT2D eigenvalue weighted by Crippen LogP contribution is -2.34. The van der Waals surface area contributed by atoms with E-state index in [-0.39, 0.29) is 11.5 Å².